The third-order valence-electron chi connectivity index (χ3n) is 1.52. The molecule has 0 aromatic carbocycles. The molecule has 0 fully saturated rings. The standard InChI is InChI=1S/C9H16O3/c1-4-5-6-7-8(10)9(11-2)12-3/h8-10H,6-7H2,1-3H3. The normalized spacial score (nSPS) is 12.4. The molecule has 12 heavy (non-hydrogen) atoms. The highest BCUT2D eigenvalue weighted by Gasteiger charge is 2.16. The Labute approximate surface area is 73.7 Å². The van der Waals surface area contributed by atoms with Crippen LogP contribution < -0.4 is 0 Å². The fourth-order valence-corrected chi connectivity index (χ4v) is 0.892. The van der Waals surface area contributed by atoms with E-state index in [1.165, 1.54) is 14.2 Å². The maximum Gasteiger partial charge on any atom is 0.182 e. The average molecular weight is 172 g/mol. The summed E-state index contributed by atoms with van der Waals surface area (Å²) in [5, 5.41) is 9.42. The number of hydrogen-bond acceptors (Lipinski definition) is 3. The van der Waals surface area contributed by atoms with Crippen molar-refractivity contribution in [3.63, 3.8) is 0 Å². The van der Waals surface area contributed by atoms with Gasteiger partial charge in [0.05, 0.1) is 0 Å². The summed E-state index contributed by atoms with van der Waals surface area (Å²) in [7, 11) is 3.01. The molecule has 1 unspecified atom stereocenters. The van der Waals surface area contributed by atoms with Crippen molar-refractivity contribution in [3.05, 3.63) is 0 Å². The third kappa shape index (κ3) is 4.35. The number of methoxy groups -OCH3 is 2. The molecule has 0 aliphatic carbocycles. The van der Waals surface area contributed by atoms with E-state index in [0.29, 0.717) is 12.8 Å². The fraction of sp³-hybridized carbons (Fsp3) is 0.778. The van der Waals surface area contributed by atoms with Crippen LogP contribution in [0, 0.1) is 11.8 Å². The summed E-state index contributed by atoms with van der Waals surface area (Å²) in [5.41, 5.74) is 0. The number of ether oxygens (including phenoxy) is 2. The first-order chi connectivity index (χ1) is 5.76. The molecule has 0 amide bonds. The van der Waals surface area contributed by atoms with Gasteiger partial charge in [0, 0.05) is 20.6 Å². The summed E-state index contributed by atoms with van der Waals surface area (Å²) in [5.74, 6) is 5.62. The molecule has 0 spiro atoms. The van der Waals surface area contributed by atoms with Gasteiger partial charge in [0.1, 0.15) is 6.10 Å². The first-order valence-corrected chi connectivity index (χ1v) is 3.89. The molecule has 0 aromatic rings. The molecule has 0 rings (SSSR count). The van der Waals surface area contributed by atoms with Crippen LogP contribution in [0.5, 0.6) is 0 Å². The van der Waals surface area contributed by atoms with Crippen LogP contribution in [0.4, 0.5) is 0 Å². The van der Waals surface area contributed by atoms with Gasteiger partial charge in [0.2, 0.25) is 0 Å². The van der Waals surface area contributed by atoms with E-state index in [9.17, 15) is 5.11 Å². The lowest BCUT2D eigenvalue weighted by Crippen LogP contribution is -2.29. The average Bonchev–Trinajstić information content (AvgIpc) is 2.07. The topological polar surface area (TPSA) is 38.7 Å². The van der Waals surface area contributed by atoms with Crippen molar-refractivity contribution in [2.45, 2.75) is 32.2 Å². The Balaban J connectivity index is 3.65. The molecule has 1 atom stereocenters. The monoisotopic (exact) mass is 172 g/mol. The smallest absolute Gasteiger partial charge is 0.182 e. The molecule has 0 heterocycles. The molecule has 3 heteroatoms. The zero-order chi connectivity index (χ0) is 9.40. The van der Waals surface area contributed by atoms with Gasteiger partial charge in [-0.1, -0.05) is 0 Å². The van der Waals surface area contributed by atoms with Crippen molar-refractivity contribution in [1.82, 2.24) is 0 Å². The van der Waals surface area contributed by atoms with Gasteiger partial charge >= 0.3 is 0 Å². The maximum atomic E-state index is 9.42. The Morgan fingerprint density at radius 2 is 1.92 bits per heavy atom. The van der Waals surface area contributed by atoms with Crippen LogP contribution >= 0.6 is 0 Å². The first-order valence-electron chi connectivity index (χ1n) is 3.89. The number of aliphatic hydroxyl groups is 1. The van der Waals surface area contributed by atoms with E-state index in [0.717, 1.165) is 0 Å². The minimum Gasteiger partial charge on any atom is -0.388 e. The molecule has 1 N–H and O–H groups in total. The van der Waals surface area contributed by atoms with E-state index < -0.39 is 12.4 Å². The zero-order valence-corrected chi connectivity index (χ0v) is 7.83. The highest BCUT2D eigenvalue weighted by molar-refractivity contribution is 4.95. The van der Waals surface area contributed by atoms with Gasteiger partial charge in [-0.15, -0.1) is 11.8 Å². The summed E-state index contributed by atoms with van der Waals surface area (Å²) < 4.78 is 9.74. The lowest BCUT2D eigenvalue weighted by atomic mass is 10.2. The van der Waals surface area contributed by atoms with E-state index in [1.807, 2.05) is 0 Å². The highest BCUT2D eigenvalue weighted by Crippen LogP contribution is 2.05. The van der Waals surface area contributed by atoms with Gasteiger partial charge < -0.3 is 14.6 Å². The number of rotatable bonds is 5. The Kier molecular flexibility index (Phi) is 6.78. The van der Waals surface area contributed by atoms with Gasteiger partial charge in [-0.3, -0.25) is 0 Å². The van der Waals surface area contributed by atoms with Gasteiger partial charge in [-0.25, -0.2) is 0 Å². The van der Waals surface area contributed by atoms with E-state index in [2.05, 4.69) is 11.8 Å². The van der Waals surface area contributed by atoms with Crippen molar-refractivity contribution in [1.29, 1.82) is 0 Å². The van der Waals surface area contributed by atoms with Gasteiger partial charge in [-0.2, -0.15) is 0 Å². The van der Waals surface area contributed by atoms with Crippen molar-refractivity contribution < 1.29 is 14.6 Å². The lowest BCUT2D eigenvalue weighted by molar-refractivity contribution is -0.165. The molecule has 0 bridgehead atoms. The number of hydrogen-bond donors (Lipinski definition) is 1. The third-order valence-corrected chi connectivity index (χ3v) is 1.52. The Morgan fingerprint density at radius 1 is 1.33 bits per heavy atom. The van der Waals surface area contributed by atoms with E-state index >= 15 is 0 Å². The van der Waals surface area contributed by atoms with Gasteiger partial charge in [-0.05, 0) is 13.3 Å². The van der Waals surface area contributed by atoms with Crippen LogP contribution in [0.25, 0.3) is 0 Å². The first kappa shape index (κ1) is 11.4. The Hall–Kier alpha value is -0.560. The summed E-state index contributed by atoms with van der Waals surface area (Å²) >= 11 is 0. The predicted octanol–water partition coefficient (Wildman–Crippen LogP) is 0.770. The molecule has 0 aliphatic rings. The summed E-state index contributed by atoms with van der Waals surface area (Å²) in [6.07, 6.45) is 0.109. The minimum absolute atomic E-state index is 0.538. The molecule has 0 aromatic heterocycles. The van der Waals surface area contributed by atoms with Crippen LogP contribution in [0.3, 0.4) is 0 Å². The second-order valence-corrected chi connectivity index (χ2v) is 2.37. The zero-order valence-electron chi connectivity index (χ0n) is 7.83. The van der Waals surface area contributed by atoms with Crippen molar-refractivity contribution in [2.75, 3.05) is 14.2 Å². The minimum atomic E-state index is -0.596. The van der Waals surface area contributed by atoms with Gasteiger partial charge in [0.25, 0.3) is 0 Å². The molecular weight excluding hydrogens is 156 g/mol. The van der Waals surface area contributed by atoms with Crippen LogP contribution in [-0.2, 0) is 9.47 Å². The molecule has 0 radical (unpaired) electrons. The van der Waals surface area contributed by atoms with E-state index in [4.69, 9.17) is 9.47 Å². The predicted molar refractivity (Wildman–Crippen MR) is 46.5 cm³/mol. The van der Waals surface area contributed by atoms with Crippen molar-refractivity contribution in [2.24, 2.45) is 0 Å². The second kappa shape index (κ2) is 7.11. The maximum absolute atomic E-state index is 9.42. The fourth-order valence-electron chi connectivity index (χ4n) is 0.892. The van der Waals surface area contributed by atoms with E-state index in [1.54, 1.807) is 6.92 Å². The summed E-state index contributed by atoms with van der Waals surface area (Å²) in [4.78, 5) is 0. The summed E-state index contributed by atoms with van der Waals surface area (Å²) in [6, 6.07) is 0. The molecular formula is C9H16O3. The molecule has 0 saturated carbocycles. The molecule has 3 nitrogen and oxygen atoms in total. The Bertz CT molecular complexity index is 153. The van der Waals surface area contributed by atoms with Crippen LogP contribution in [-0.4, -0.2) is 31.7 Å². The Morgan fingerprint density at radius 3 is 2.33 bits per heavy atom. The quantitative estimate of drug-likeness (QED) is 0.491. The SMILES string of the molecule is CC#CCCC(O)C(OC)OC. The van der Waals surface area contributed by atoms with E-state index in [-0.39, 0.29) is 0 Å². The lowest BCUT2D eigenvalue weighted by Gasteiger charge is -2.18. The highest BCUT2D eigenvalue weighted by atomic mass is 16.7. The van der Waals surface area contributed by atoms with Crippen LogP contribution in [0.1, 0.15) is 19.8 Å². The summed E-state index contributed by atoms with van der Waals surface area (Å²) in [6.45, 7) is 1.77. The molecule has 0 saturated heterocycles. The van der Waals surface area contributed by atoms with Crippen LogP contribution in [0.15, 0.2) is 0 Å². The van der Waals surface area contributed by atoms with Gasteiger partial charge in [0.15, 0.2) is 6.29 Å². The molecule has 70 valence electrons. The van der Waals surface area contributed by atoms with Crippen molar-refractivity contribution >= 4 is 0 Å². The largest absolute Gasteiger partial charge is 0.388 e. The number of aliphatic hydroxyl groups excluding tert-OH is 1. The second-order valence-electron chi connectivity index (χ2n) is 2.37. The van der Waals surface area contributed by atoms with Crippen LogP contribution in [0.2, 0.25) is 0 Å². The van der Waals surface area contributed by atoms with Crippen molar-refractivity contribution in [3.8, 4) is 11.8 Å². The molecule has 0 aliphatic heterocycles.